The quantitative estimate of drug-likeness (QED) is 0.641. The van der Waals surface area contributed by atoms with Crippen molar-refractivity contribution >= 4 is 10.0 Å². The lowest BCUT2D eigenvalue weighted by molar-refractivity contribution is 0.557. The smallest absolute Gasteiger partial charge is 0.211 e. The molecule has 0 radical (unpaired) electrons. The van der Waals surface area contributed by atoms with Gasteiger partial charge in [0.25, 0.3) is 0 Å². The fourth-order valence-corrected chi connectivity index (χ4v) is 2.20. The standard InChI is InChI=1S/C7H16N2O2S/c1-8-12(10,11)6-4-7-3-2-5-9-7/h7-9H,2-6H2,1H3. The zero-order chi connectivity index (χ0) is 9.03. The minimum Gasteiger partial charge on any atom is -0.314 e. The second-order valence-electron chi connectivity index (χ2n) is 3.10. The van der Waals surface area contributed by atoms with Crippen LogP contribution in [0.1, 0.15) is 19.3 Å². The van der Waals surface area contributed by atoms with Crippen LogP contribution >= 0.6 is 0 Å². The minimum atomic E-state index is -3.00. The van der Waals surface area contributed by atoms with Gasteiger partial charge in [0.1, 0.15) is 0 Å². The maximum absolute atomic E-state index is 11.0. The van der Waals surface area contributed by atoms with E-state index in [-0.39, 0.29) is 5.75 Å². The second kappa shape index (κ2) is 4.20. The van der Waals surface area contributed by atoms with Crippen molar-refractivity contribution in [3.05, 3.63) is 0 Å². The van der Waals surface area contributed by atoms with Gasteiger partial charge in [-0.15, -0.1) is 0 Å². The van der Waals surface area contributed by atoms with Crippen LogP contribution in [0.5, 0.6) is 0 Å². The average molecular weight is 192 g/mol. The van der Waals surface area contributed by atoms with Gasteiger partial charge in [-0.2, -0.15) is 0 Å². The molecular weight excluding hydrogens is 176 g/mol. The molecule has 0 aromatic heterocycles. The Hall–Kier alpha value is -0.130. The summed E-state index contributed by atoms with van der Waals surface area (Å²) < 4.78 is 24.3. The molecular formula is C7H16N2O2S. The van der Waals surface area contributed by atoms with Gasteiger partial charge >= 0.3 is 0 Å². The first kappa shape index (κ1) is 9.95. The van der Waals surface area contributed by atoms with Crippen molar-refractivity contribution in [2.24, 2.45) is 0 Å². The molecule has 0 saturated carbocycles. The van der Waals surface area contributed by atoms with E-state index in [4.69, 9.17) is 0 Å². The van der Waals surface area contributed by atoms with Gasteiger partial charge in [-0.05, 0) is 32.9 Å². The van der Waals surface area contributed by atoms with E-state index in [9.17, 15) is 8.42 Å². The van der Waals surface area contributed by atoms with E-state index < -0.39 is 10.0 Å². The van der Waals surface area contributed by atoms with Crippen LogP contribution in [0.2, 0.25) is 0 Å². The Balaban J connectivity index is 2.25. The van der Waals surface area contributed by atoms with Crippen molar-refractivity contribution in [1.29, 1.82) is 0 Å². The van der Waals surface area contributed by atoms with Gasteiger partial charge in [0, 0.05) is 6.04 Å². The van der Waals surface area contributed by atoms with Crippen LogP contribution in [-0.4, -0.2) is 33.8 Å². The van der Waals surface area contributed by atoms with Crippen molar-refractivity contribution in [3.63, 3.8) is 0 Å². The summed E-state index contributed by atoms with van der Waals surface area (Å²) in [6.45, 7) is 1.03. The first-order chi connectivity index (χ1) is 5.64. The lowest BCUT2D eigenvalue weighted by Gasteiger charge is -2.08. The molecule has 1 saturated heterocycles. The van der Waals surface area contributed by atoms with Crippen LogP contribution in [-0.2, 0) is 10.0 Å². The molecule has 72 valence electrons. The van der Waals surface area contributed by atoms with E-state index in [1.165, 1.54) is 13.5 Å². The first-order valence-electron chi connectivity index (χ1n) is 4.28. The average Bonchev–Trinajstić information content (AvgIpc) is 2.53. The van der Waals surface area contributed by atoms with Crippen LogP contribution in [0.25, 0.3) is 0 Å². The third-order valence-electron chi connectivity index (χ3n) is 2.21. The van der Waals surface area contributed by atoms with Gasteiger partial charge in [0.2, 0.25) is 10.0 Å². The number of hydrogen-bond acceptors (Lipinski definition) is 3. The largest absolute Gasteiger partial charge is 0.314 e. The SMILES string of the molecule is CNS(=O)(=O)CCC1CCCN1. The Kier molecular flexibility index (Phi) is 3.49. The van der Waals surface area contributed by atoms with Crippen molar-refractivity contribution in [2.75, 3.05) is 19.3 Å². The first-order valence-corrected chi connectivity index (χ1v) is 5.94. The molecule has 2 N–H and O–H groups in total. The fourth-order valence-electron chi connectivity index (χ4n) is 1.40. The van der Waals surface area contributed by atoms with Gasteiger partial charge < -0.3 is 5.32 Å². The normalized spacial score (nSPS) is 24.6. The molecule has 1 unspecified atom stereocenters. The van der Waals surface area contributed by atoms with Gasteiger partial charge in [-0.1, -0.05) is 0 Å². The molecule has 1 rings (SSSR count). The van der Waals surface area contributed by atoms with Gasteiger partial charge in [0.15, 0.2) is 0 Å². The molecule has 0 aliphatic carbocycles. The number of hydrogen-bond donors (Lipinski definition) is 2. The van der Waals surface area contributed by atoms with Crippen LogP contribution in [0.4, 0.5) is 0 Å². The molecule has 1 atom stereocenters. The molecule has 0 amide bonds. The highest BCUT2D eigenvalue weighted by Crippen LogP contribution is 2.09. The summed E-state index contributed by atoms with van der Waals surface area (Å²) in [5.41, 5.74) is 0. The van der Waals surface area contributed by atoms with E-state index in [1.807, 2.05) is 0 Å². The summed E-state index contributed by atoms with van der Waals surface area (Å²) in [6, 6.07) is 0.410. The Morgan fingerprint density at radius 1 is 1.58 bits per heavy atom. The molecule has 5 heteroatoms. The Bertz CT molecular complexity index is 220. The fraction of sp³-hybridized carbons (Fsp3) is 1.00. The molecule has 1 aliphatic heterocycles. The molecule has 4 nitrogen and oxygen atoms in total. The molecule has 1 aliphatic rings. The zero-order valence-corrected chi connectivity index (χ0v) is 8.15. The van der Waals surface area contributed by atoms with E-state index >= 15 is 0 Å². The van der Waals surface area contributed by atoms with Crippen molar-refractivity contribution in [3.8, 4) is 0 Å². The van der Waals surface area contributed by atoms with Crippen molar-refractivity contribution in [1.82, 2.24) is 10.0 Å². The maximum Gasteiger partial charge on any atom is 0.211 e. The van der Waals surface area contributed by atoms with E-state index in [0.29, 0.717) is 6.04 Å². The van der Waals surface area contributed by atoms with E-state index in [0.717, 1.165) is 19.4 Å². The minimum absolute atomic E-state index is 0.237. The maximum atomic E-state index is 11.0. The van der Waals surface area contributed by atoms with Crippen LogP contribution < -0.4 is 10.0 Å². The van der Waals surface area contributed by atoms with Gasteiger partial charge in [0.05, 0.1) is 5.75 Å². The summed E-state index contributed by atoms with van der Waals surface area (Å²) in [5, 5.41) is 3.26. The summed E-state index contributed by atoms with van der Waals surface area (Å²) in [5.74, 6) is 0.237. The molecule has 0 spiro atoms. The second-order valence-corrected chi connectivity index (χ2v) is 5.15. The molecule has 1 fully saturated rings. The monoisotopic (exact) mass is 192 g/mol. The highest BCUT2D eigenvalue weighted by Gasteiger charge is 2.16. The van der Waals surface area contributed by atoms with Crippen molar-refractivity contribution < 1.29 is 8.42 Å². The summed E-state index contributed by atoms with van der Waals surface area (Å²) >= 11 is 0. The predicted molar refractivity (Wildman–Crippen MR) is 48.5 cm³/mol. The summed E-state index contributed by atoms with van der Waals surface area (Å²) in [4.78, 5) is 0. The Morgan fingerprint density at radius 2 is 2.33 bits per heavy atom. The molecule has 1 heterocycles. The van der Waals surface area contributed by atoms with Crippen molar-refractivity contribution in [2.45, 2.75) is 25.3 Å². The summed E-state index contributed by atoms with van der Waals surface area (Å²) in [6.07, 6.45) is 3.01. The summed E-state index contributed by atoms with van der Waals surface area (Å²) in [7, 11) is -1.54. The predicted octanol–water partition coefficient (Wildman–Crippen LogP) is -0.322. The van der Waals surface area contributed by atoms with Crippen LogP contribution in [0.15, 0.2) is 0 Å². The lowest BCUT2D eigenvalue weighted by atomic mass is 10.2. The highest BCUT2D eigenvalue weighted by atomic mass is 32.2. The van der Waals surface area contributed by atoms with Crippen LogP contribution in [0, 0.1) is 0 Å². The van der Waals surface area contributed by atoms with Gasteiger partial charge in [-0.25, -0.2) is 13.1 Å². The van der Waals surface area contributed by atoms with Crippen LogP contribution in [0.3, 0.4) is 0 Å². The molecule has 0 aromatic rings. The van der Waals surface area contributed by atoms with E-state index in [2.05, 4.69) is 10.0 Å². The third-order valence-corrected chi connectivity index (χ3v) is 3.60. The molecule has 12 heavy (non-hydrogen) atoms. The number of nitrogens with one attached hydrogen (secondary N) is 2. The zero-order valence-electron chi connectivity index (χ0n) is 7.34. The Labute approximate surface area is 73.8 Å². The molecule has 0 aromatic carbocycles. The molecule has 0 bridgehead atoms. The van der Waals surface area contributed by atoms with Gasteiger partial charge in [-0.3, -0.25) is 0 Å². The third kappa shape index (κ3) is 3.08. The van der Waals surface area contributed by atoms with E-state index in [1.54, 1.807) is 0 Å². The number of rotatable bonds is 4. The topological polar surface area (TPSA) is 58.2 Å². The highest BCUT2D eigenvalue weighted by molar-refractivity contribution is 7.89. The number of sulfonamides is 1. The Morgan fingerprint density at radius 3 is 2.83 bits per heavy atom. The lowest BCUT2D eigenvalue weighted by Crippen LogP contribution is -2.28.